The van der Waals surface area contributed by atoms with Crippen molar-refractivity contribution in [1.29, 1.82) is 0 Å². The van der Waals surface area contributed by atoms with Gasteiger partial charge in [-0.05, 0) is 87.8 Å². The number of carboxylic acid groups (broad SMARTS) is 1. The predicted molar refractivity (Wildman–Crippen MR) is 128 cm³/mol. The largest absolute Gasteiger partial charge is 0.497 e. The molecule has 2 fully saturated rings. The Labute approximate surface area is 196 Å². The zero-order valence-electron chi connectivity index (χ0n) is 19.8. The fourth-order valence-corrected chi connectivity index (χ4v) is 5.80. The van der Waals surface area contributed by atoms with Crippen molar-refractivity contribution in [2.24, 2.45) is 11.3 Å². The Morgan fingerprint density at radius 1 is 1.24 bits per heavy atom. The number of hydrogen-bond acceptors (Lipinski definition) is 4. The minimum absolute atomic E-state index is 0.335. The summed E-state index contributed by atoms with van der Waals surface area (Å²) in [5, 5.41) is 10.8. The molecular formula is C27H37FN2O3. The number of ether oxygens (including phenoxy) is 1. The van der Waals surface area contributed by atoms with E-state index in [1.807, 2.05) is 18.2 Å². The summed E-state index contributed by atoms with van der Waals surface area (Å²) in [5.41, 5.74) is 0.633. The third kappa shape index (κ3) is 5.65. The fourth-order valence-electron chi connectivity index (χ4n) is 5.80. The molecule has 1 saturated carbocycles. The van der Waals surface area contributed by atoms with Crippen LogP contribution in [0.2, 0.25) is 0 Å². The van der Waals surface area contributed by atoms with E-state index >= 15 is 0 Å². The van der Waals surface area contributed by atoms with Crippen LogP contribution in [-0.4, -0.2) is 47.7 Å². The first kappa shape index (κ1) is 23.9. The van der Waals surface area contributed by atoms with Crippen molar-refractivity contribution in [2.45, 2.75) is 70.6 Å². The number of aromatic nitrogens is 1. The highest BCUT2D eigenvalue weighted by Gasteiger charge is 2.41. The van der Waals surface area contributed by atoms with Crippen molar-refractivity contribution in [3.8, 4) is 5.75 Å². The molecule has 0 bridgehead atoms. The number of piperidine rings is 1. The van der Waals surface area contributed by atoms with Crippen LogP contribution in [0.3, 0.4) is 0 Å². The summed E-state index contributed by atoms with van der Waals surface area (Å²) in [6, 6.07) is 5.47. The van der Waals surface area contributed by atoms with Gasteiger partial charge < -0.3 is 14.7 Å². The Balaban J connectivity index is 1.35. The monoisotopic (exact) mass is 456 g/mol. The van der Waals surface area contributed by atoms with Crippen LogP contribution in [0.25, 0.3) is 10.9 Å². The van der Waals surface area contributed by atoms with E-state index in [4.69, 9.17) is 4.74 Å². The molecule has 1 aromatic carbocycles. The number of aryl methyl sites for hydroxylation is 1. The van der Waals surface area contributed by atoms with E-state index in [9.17, 15) is 14.3 Å². The van der Waals surface area contributed by atoms with Crippen LogP contribution < -0.4 is 4.74 Å². The van der Waals surface area contributed by atoms with Gasteiger partial charge in [-0.15, -0.1) is 0 Å². The van der Waals surface area contributed by atoms with Crippen LogP contribution >= 0.6 is 0 Å². The summed E-state index contributed by atoms with van der Waals surface area (Å²) < 4.78 is 19.9. The maximum Gasteiger partial charge on any atom is 0.309 e. The van der Waals surface area contributed by atoms with Crippen molar-refractivity contribution >= 4 is 16.9 Å². The quantitative estimate of drug-likeness (QED) is 0.513. The third-order valence-electron chi connectivity index (χ3n) is 8.06. The number of aliphatic carboxylic acids is 1. The second-order valence-electron chi connectivity index (χ2n) is 10.0. The maximum absolute atomic E-state index is 14.6. The zero-order valence-corrected chi connectivity index (χ0v) is 19.8. The smallest absolute Gasteiger partial charge is 0.309 e. The molecule has 2 aromatic rings. The Bertz CT molecular complexity index is 950. The van der Waals surface area contributed by atoms with E-state index < -0.39 is 11.4 Å². The number of hydrogen-bond donors (Lipinski definition) is 1. The van der Waals surface area contributed by atoms with Crippen LogP contribution in [-0.2, 0) is 11.2 Å². The van der Waals surface area contributed by atoms with Crippen molar-refractivity contribution in [1.82, 2.24) is 9.88 Å². The molecule has 4 rings (SSSR count). The van der Waals surface area contributed by atoms with Gasteiger partial charge in [-0.2, -0.15) is 0 Å². The molecule has 6 heteroatoms. The number of nitrogens with zero attached hydrogens (tertiary/aromatic N) is 2. The number of carbonyl (C=O) groups is 1. The summed E-state index contributed by atoms with van der Waals surface area (Å²) in [6.07, 6.45) is 12.4. The van der Waals surface area contributed by atoms with E-state index in [1.165, 1.54) is 44.7 Å². The minimum Gasteiger partial charge on any atom is -0.497 e. The molecule has 2 heterocycles. The lowest BCUT2D eigenvalue weighted by molar-refractivity contribution is -0.152. The molecule has 33 heavy (non-hydrogen) atoms. The Morgan fingerprint density at radius 2 is 2.00 bits per heavy atom. The first-order valence-corrected chi connectivity index (χ1v) is 12.6. The van der Waals surface area contributed by atoms with Gasteiger partial charge in [-0.25, -0.2) is 4.39 Å². The van der Waals surface area contributed by atoms with Gasteiger partial charge in [0.05, 0.1) is 24.2 Å². The van der Waals surface area contributed by atoms with Gasteiger partial charge in [0.15, 0.2) is 0 Å². The summed E-state index contributed by atoms with van der Waals surface area (Å²) >= 11 is 0. The van der Waals surface area contributed by atoms with Gasteiger partial charge in [-0.3, -0.25) is 9.78 Å². The summed E-state index contributed by atoms with van der Waals surface area (Å²) in [7, 11) is 1.59. The summed E-state index contributed by atoms with van der Waals surface area (Å²) in [4.78, 5) is 18.9. The van der Waals surface area contributed by atoms with Crippen LogP contribution in [0.4, 0.5) is 4.39 Å². The molecule has 0 amide bonds. The molecule has 0 atom stereocenters. The predicted octanol–water partition coefficient (Wildman–Crippen LogP) is 5.84. The molecule has 0 radical (unpaired) electrons. The van der Waals surface area contributed by atoms with Crippen molar-refractivity contribution < 1.29 is 19.0 Å². The normalized spacial score (nSPS) is 19.6. The zero-order chi connectivity index (χ0) is 23.3. The van der Waals surface area contributed by atoms with Crippen LogP contribution in [0, 0.1) is 17.2 Å². The number of rotatable bonds is 9. The van der Waals surface area contributed by atoms with Gasteiger partial charge in [-0.1, -0.05) is 32.1 Å². The van der Waals surface area contributed by atoms with Gasteiger partial charge in [0.1, 0.15) is 11.6 Å². The number of pyridine rings is 1. The number of carboxylic acids is 1. The number of methoxy groups -OCH3 is 1. The van der Waals surface area contributed by atoms with Crippen LogP contribution in [0.1, 0.15) is 69.8 Å². The van der Waals surface area contributed by atoms with Gasteiger partial charge in [0.2, 0.25) is 0 Å². The molecule has 5 nitrogen and oxygen atoms in total. The standard InChI is InChI=1S/C27H37FN2O3/c1-33-21-9-10-25-23(18-21)22(24(28)19-29-25)8-5-12-27(26(31)32)13-16-30(17-14-27)15-11-20-6-3-2-4-7-20/h9-10,18-20H,2-8,11-17H2,1H3,(H,31,32). The van der Waals surface area contributed by atoms with Gasteiger partial charge in [0, 0.05) is 5.39 Å². The van der Waals surface area contributed by atoms with Crippen LogP contribution in [0.15, 0.2) is 24.4 Å². The number of fused-ring (bicyclic) bond motifs is 1. The lowest BCUT2D eigenvalue weighted by Crippen LogP contribution is -2.45. The van der Waals surface area contributed by atoms with Crippen LogP contribution in [0.5, 0.6) is 5.75 Å². The summed E-state index contributed by atoms with van der Waals surface area (Å²) in [6.45, 7) is 2.79. The highest BCUT2D eigenvalue weighted by molar-refractivity contribution is 5.83. The van der Waals surface area contributed by atoms with E-state index in [-0.39, 0.29) is 5.82 Å². The van der Waals surface area contributed by atoms with E-state index in [1.54, 1.807) is 7.11 Å². The Hall–Kier alpha value is -2.21. The highest BCUT2D eigenvalue weighted by atomic mass is 19.1. The summed E-state index contributed by atoms with van der Waals surface area (Å²) in [5.74, 6) is 0.487. The lowest BCUT2D eigenvalue weighted by Gasteiger charge is -2.39. The molecular weight excluding hydrogens is 419 g/mol. The maximum atomic E-state index is 14.6. The molecule has 0 unspecified atom stereocenters. The molecule has 1 N–H and O–H groups in total. The van der Waals surface area contributed by atoms with Crippen molar-refractivity contribution in [3.05, 3.63) is 35.8 Å². The molecule has 1 aliphatic heterocycles. The van der Waals surface area contributed by atoms with E-state index in [0.29, 0.717) is 43.4 Å². The van der Waals surface area contributed by atoms with E-state index in [0.717, 1.165) is 36.5 Å². The second kappa shape index (κ2) is 10.8. The number of halogens is 1. The Kier molecular flexibility index (Phi) is 7.84. The number of benzene rings is 1. The molecule has 1 aromatic heterocycles. The average molecular weight is 457 g/mol. The van der Waals surface area contributed by atoms with Crippen molar-refractivity contribution in [2.75, 3.05) is 26.7 Å². The topological polar surface area (TPSA) is 62.7 Å². The molecule has 180 valence electrons. The fraction of sp³-hybridized carbons (Fsp3) is 0.630. The minimum atomic E-state index is -0.698. The first-order chi connectivity index (χ1) is 16.0. The highest BCUT2D eigenvalue weighted by Crippen LogP contribution is 2.38. The first-order valence-electron chi connectivity index (χ1n) is 12.6. The molecule has 1 aliphatic carbocycles. The SMILES string of the molecule is COc1ccc2ncc(F)c(CCCC3(C(=O)O)CCN(CCC4CCCCC4)CC3)c2c1. The average Bonchev–Trinajstić information content (AvgIpc) is 2.85. The second-order valence-corrected chi connectivity index (χ2v) is 10.0. The van der Waals surface area contributed by atoms with E-state index in [2.05, 4.69) is 9.88 Å². The molecule has 1 saturated heterocycles. The van der Waals surface area contributed by atoms with Gasteiger partial charge in [0.25, 0.3) is 0 Å². The number of likely N-dealkylation sites (tertiary alicyclic amines) is 1. The van der Waals surface area contributed by atoms with Crippen molar-refractivity contribution in [3.63, 3.8) is 0 Å². The molecule has 2 aliphatic rings. The third-order valence-corrected chi connectivity index (χ3v) is 8.06. The Morgan fingerprint density at radius 3 is 2.70 bits per heavy atom. The lowest BCUT2D eigenvalue weighted by atomic mass is 9.74. The van der Waals surface area contributed by atoms with Gasteiger partial charge >= 0.3 is 5.97 Å². The molecule has 0 spiro atoms.